The molecule has 0 aliphatic carbocycles. The van der Waals surface area contributed by atoms with E-state index in [4.69, 9.17) is 4.74 Å². The van der Waals surface area contributed by atoms with Crippen LogP contribution in [0.1, 0.15) is 34.5 Å². The first-order valence-electron chi connectivity index (χ1n) is 9.58. The number of nitrogens with one attached hydrogen (secondary N) is 2. The van der Waals surface area contributed by atoms with Crippen LogP contribution in [0.5, 0.6) is 5.75 Å². The molecule has 162 valence electrons. The van der Waals surface area contributed by atoms with Gasteiger partial charge < -0.3 is 10.1 Å². The zero-order valence-corrected chi connectivity index (χ0v) is 19.5. The fourth-order valence-corrected chi connectivity index (χ4v) is 4.47. The highest BCUT2D eigenvalue weighted by atomic mass is 79.9. The lowest BCUT2D eigenvalue weighted by Gasteiger charge is -2.16. The first-order valence-corrected chi connectivity index (χ1v) is 11.9. The Kier molecular flexibility index (Phi) is 7.48. The third-order valence-electron chi connectivity index (χ3n) is 4.74. The van der Waals surface area contributed by atoms with Gasteiger partial charge in [-0.25, -0.2) is 13.1 Å². The molecule has 3 rings (SSSR count). The van der Waals surface area contributed by atoms with Gasteiger partial charge in [0.15, 0.2) is 0 Å². The van der Waals surface area contributed by atoms with E-state index in [1.807, 2.05) is 61.5 Å². The van der Waals surface area contributed by atoms with Gasteiger partial charge in [0, 0.05) is 16.6 Å². The van der Waals surface area contributed by atoms with Crippen LogP contribution in [0, 0.1) is 0 Å². The molecule has 3 aromatic rings. The minimum absolute atomic E-state index is 0.0881. The van der Waals surface area contributed by atoms with Crippen molar-refractivity contribution in [2.24, 2.45) is 0 Å². The molecule has 0 saturated carbocycles. The maximum absolute atomic E-state index is 12.9. The van der Waals surface area contributed by atoms with E-state index in [0.29, 0.717) is 0 Å². The molecule has 0 radical (unpaired) electrons. The molecular formula is C23H23BrN2O4S. The number of amides is 1. The summed E-state index contributed by atoms with van der Waals surface area (Å²) in [7, 11) is -2.51. The average Bonchev–Trinajstić information content (AvgIpc) is 2.78. The van der Waals surface area contributed by atoms with Gasteiger partial charge in [-0.2, -0.15) is 0 Å². The Bertz CT molecular complexity index is 1150. The summed E-state index contributed by atoms with van der Waals surface area (Å²) in [5.74, 6) is -0.212. The Balaban J connectivity index is 1.80. The van der Waals surface area contributed by atoms with Crippen molar-refractivity contribution in [3.8, 4) is 5.75 Å². The van der Waals surface area contributed by atoms with E-state index in [2.05, 4.69) is 26.0 Å². The van der Waals surface area contributed by atoms with Crippen LogP contribution in [0.15, 0.2) is 82.2 Å². The molecule has 0 bridgehead atoms. The van der Waals surface area contributed by atoms with Crippen LogP contribution >= 0.6 is 15.9 Å². The summed E-state index contributed by atoms with van der Waals surface area (Å²) >= 11 is 3.39. The lowest BCUT2D eigenvalue weighted by Crippen LogP contribution is -2.28. The maximum Gasteiger partial charge on any atom is 0.251 e. The van der Waals surface area contributed by atoms with Gasteiger partial charge in [-0.3, -0.25) is 4.79 Å². The predicted molar refractivity (Wildman–Crippen MR) is 123 cm³/mol. The molecule has 2 N–H and O–H groups in total. The van der Waals surface area contributed by atoms with Crippen molar-refractivity contribution < 1.29 is 17.9 Å². The molecule has 1 atom stereocenters. The second kappa shape index (κ2) is 10.1. The lowest BCUT2D eigenvalue weighted by molar-refractivity contribution is 0.0939. The first kappa shape index (κ1) is 23.0. The predicted octanol–water partition coefficient (Wildman–Crippen LogP) is 4.43. The number of hydrogen-bond donors (Lipinski definition) is 2. The maximum atomic E-state index is 12.9. The molecule has 0 fully saturated rings. The van der Waals surface area contributed by atoms with E-state index in [9.17, 15) is 13.2 Å². The van der Waals surface area contributed by atoms with Crippen LogP contribution in [-0.4, -0.2) is 21.4 Å². The van der Waals surface area contributed by atoms with Gasteiger partial charge in [0.1, 0.15) is 10.6 Å². The molecule has 0 heterocycles. The van der Waals surface area contributed by atoms with Crippen LogP contribution in [0.3, 0.4) is 0 Å². The summed E-state index contributed by atoms with van der Waals surface area (Å²) < 4.78 is 34.5. The van der Waals surface area contributed by atoms with Crippen LogP contribution in [0.4, 0.5) is 0 Å². The normalized spacial score (nSPS) is 12.2. The molecule has 0 aliphatic rings. The molecule has 1 amide bonds. The van der Waals surface area contributed by atoms with E-state index < -0.39 is 10.0 Å². The number of ether oxygens (including phenoxy) is 1. The number of methoxy groups -OCH3 is 1. The van der Waals surface area contributed by atoms with Crippen LogP contribution < -0.4 is 14.8 Å². The Morgan fingerprint density at radius 1 is 1.03 bits per heavy atom. The highest BCUT2D eigenvalue weighted by Gasteiger charge is 2.22. The summed E-state index contributed by atoms with van der Waals surface area (Å²) in [6.07, 6.45) is 0. The standard InChI is InChI=1S/C23H23BrN2O4S/c1-16(18-8-11-20(24)12-9-18)26-23(27)19-10-13-21(30-2)22(14-19)31(28,29)25-15-17-6-4-3-5-7-17/h3-14,16,25H,15H2,1-2H3,(H,26,27)/t16-/m0/s1. The molecule has 0 aromatic heterocycles. The summed E-state index contributed by atoms with van der Waals surface area (Å²) in [6, 6.07) is 20.9. The van der Waals surface area contributed by atoms with Crippen molar-refractivity contribution in [2.45, 2.75) is 24.4 Å². The molecule has 0 saturated heterocycles. The summed E-state index contributed by atoms with van der Waals surface area (Å²) in [5, 5.41) is 2.90. The zero-order chi connectivity index (χ0) is 22.4. The Morgan fingerprint density at radius 2 is 1.71 bits per heavy atom. The van der Waals surface area contributed by atoms with Crippen molar-refractivity contribution in [3.63, 3.8) is 0 Å². The fraction of sp³-hybridized carbons (Fsp3) is 0.174. The lowest BCUT2D eigenvalue weighted by atomic mass is 10.1. The quantitative estimate of drug-likeness (QED) is 0.477. The first-order chi connectivity index (χ1) is 14.8. The fourth-order valence-electron chi connectivity index (χ4n) is 2.99. The Labute approximate surface area is 190 Å². The molecule has 3 aromatic carbocycles. The molecule has 0 aliphatic heterocycles. The molecular weight excluding hydrogens is 480 g/mol. The van der Waals surface area contributed by atoms with Gasteiger partial charge in [0.2, 0.25) is 10.0 Å². The SMILES string of the molecule is COc1ccc(C(=O)N[C@@H](C)c2ccc(Br)cc2)cc1S(=O)(=O)NCc1ccccc1. The number of sulfonamides is 1. The number of hydrogen-bond acceptors (Lipinski definition) is 4. The number of halogens is 1. The molecule has 0 unspecified atom stereocenters. The van der Waals surface area contributed by atoms with E-state index in [1.54, 1.807) is 6.07 Å². The van der Waals surface area contributed by atoms with Gasteiger partial charge in [-0.05, 0) is 48.4 Å². The molecule has 0 spiro atoms. The summed E-state index contributed by atoms with van der Waals surface area (Å²) in [4.78, 5) is 12.7. The van der Waals surface area contributed by atoms with Crippen molar-refractivity contribution in [3.05, 3.63) is 94.0 Å². The summed E-state index contributed by atoms with van der Waals surface area (Å²) in [5.41, 5.74) is 1.98. The van der Waals surface area contributed by atoms with E-state index in [-0.39, 0.29) is 34.7 Å². The van der Waals surface area contributed by atoms with Gasteiger partial charge in [-0.15, -0.1) is 0 Å². The number of benzene rings is 3. The highest BCUT2D eigenvalue weighted by molar-refractivity contribution is 9.10. The number of carbonyl (C=O) groups is 1. The average molecular weight is 503 g/mol. The number of carbonyl (C=O) groups excluding carboxylic acids is 1. The minimum Gasteiger partial charge on any atom is -0.495 e. The second-order valence-electron chi connectivity index (χ2n) is 6.92. The van der Waals surface area contributed by atoms with E-state index in [0.717, 1.165) is 15.6 Å². The van der Waals surface area contributed by atoms with Crippen molar-refractivity contribution in [2.75, 3.05) is 7.11 Å². The molecule has 6 nitrogen and oxygen atoms in total. The van der Waals surface area contributed by atoms with Gasteiger partial charge in [0.25, 0.3) is 5.91 Å². The highest BCUT2D eigenvalue weighted by Crippen LogP contribution is 2.26. The number of rotatable bonds is 8. The molecule has 8 heteroatoms. The van der Waals surface area contributed by atoms with Gasteiger partial charge in [-0.1, -0.05) is 58.4 Å². The van der Waals surface area contributed by atoms with Crippen LogP contribution in [0.25, 0.3) is 0 Å². The smallest absolute Gasteiger partial charge is 0.251 e. The van der Waals surface area contributed by atoms with E-state index >= 15 is 0 Å². The van der Waals surface area contributed by atoms with Gasteiger partial charge in [0.05, 0.1) is 13.2 Å². The molecule has 31 heavy (non-hydrogen) atoms. The minimum atomic E-state index is -3.90. The Hall–Kier alpha value is -2.68. The van der Waals surface area contributed by atoms with Crippen molar-refractivity contribution in [1.82, 2.24) is 10.0 Å². The third kappa shape index (κ3) is 5.94. The Morgan fingerprint density at radius 3 is 2.35 bits per heavy atom. The van der Waals surface area contributed by atoms with Crippen LogP contribution in [-0.2, 0) is 16.6 Å². The van der Waals surface area contributed by atoms with Gasteiger partial charge >= 0.3 is 0 Å². The van der Waals surface area contributed by atoms with Crippen molar-refractivity contribution >= 4 is 31.9 Å². The topological polar surface area (TPSA) is 84.5 Å². The summed E-state index contributed by atoms with van der Waals surface area (Å²) in [6.45, 7) is 1.99. The second-order valence-corrected chi connectivity index (χ2v) is 9.57. The zero-order valence-electron chi connectivity index (χ0n) is 17.1. The third-order valence-corrected chi connectivity index (χ3v) is 6.69. The van der Waals surface area contributed by atoms with E-state index in [1.165, 1.54) is 19.2 Å². The van der Waals surface area contributed by atoms with Crippen LogP contribution in [0.2, 0.25) is 0 Å². The monoisotopic (exact) mass is 502 g/mol. The largest absolute Gasteiger partial charge is 0.495 e. The van der Waals surface area contributed by atoms with Crippen molar-refractivity contribution in [1.29, 1.82) is 0 Å².